The van der Waals surface area contributed by atoms with Crippen LogP contribution >= 0.6 is 0 Å². The Balaban J connectivity index is 2.63. The molecule has 0 radical (unpaired) electrons. The van der Waals surface area contributed by atoms with Crippen molar-refractivity contribution in [1.29, 1.82) is 0 Å². The molecule has 0 amide bonds. The summed E-state index contributed by atoms with van der Waals surface area (Å²) in [6.07, 6.45) is 0. The van der Waals surface area contributed by atoms with Crippen molar-refractivity contribution in [2.75, 3.05) is 28.4 Å². The smallest absolute Gasteiger partial charge is 0.271 e. The van der Waals surface area contributed by atoms with Crippen molar-refractivity contribution in [2.24, 2.45) is 0 Å². The van der Waals surface area contributed by atoms with E-state index in [1.54, 1.807) is 0 Å². The van der Waals surface area contributed by atoms with Gasteiger partial charge in [-0.3, -0.25) is 14.9 Å². The SMILES string of the molecule is COc1cc2c(=O)c3ccc([N+](=O)[O-])cc3n(OC)c2c(OC)c1OC. The highest BCUT2D eigenvalue weighted by molar-refractivity contribution is 5.99. The number of nitro benzene ring substituents is 1. The predicted molar refractivity (Wildman–Crippen MR) is 94.5 cm³/mol. The molecule has 1 heterocycles. The summed E-state index contributed by atoms with van der Waals surface area (Å²) in [6.45, 7) is 0. The summed E-state index contributed by atoms with van der Waals surface area (Å²) in [5.74, 6) is 0.810. The highest BCUT2D eigenvalue weighted by atomic mass is 16.6. The molecule has 3 rings (SSSR count). The van der Waals surface area contributed by atoms with Gasteiger partial charge < -0.3 is 19.0 Å². The third kappa shape index (κ3) is 2.36. The second kappa shape index (κ2) is 6.43. The largest absolute Gasteiger partial charge is 0.493 e. The highest BCUT2D eigenvalue weighted by Crippen LogP contribution is 2.43. The minimum Gasteiger partial charge on any atom is -0.493 e. The molecule has 9 nitrogen and oxygen atoms in total. The van der Waals surface area contributed by atoms with Gasteiger partial charge in [0.25, 0.3) is 5.69 Å². The molecule has 26 heavy (non-hydrogen) atoms. The van der Waals surface area contributed by atoms with Crippen LogP contribution in [0.2, 0.25) is 0 Å². The maximum Gasteiger partial charge on any atom is 0.271 e. The van der Waals surface area contributed by atoms with E-state index < -0.39 is 4.92 Å². The molecular weight excluding hydrogens is 344 g/mol. The molecule has 9 heteroatoms. The number of benzene rings is 2. The standard InChI is InChI=1S/C17H16N2O7/c1-23-13-8-11-14(17(25-3)16(13)24-2)18(26-4)12-7-9(19(21)22)5-6-10(12)15(11)20/h5-8H,1-4H3. The van der Waals surface area contributed by atoms with Gasteiger partial charge in [0.1, 0.15) is 12.6 Å². The molecule has 136 valence electrons. The molecule has 0 aliphatic rings. The maximum atomic E-state index is 13.0. The average molecular weight is 360 g/mol. The van der Waals surface area contributed by atoms with Crippen LogP contribution in [0.4, 0.5) is 5.69 Å². The molecule has 1 aromatic heterocycles. The Kier molecular flexibility index (Phi) is 4.29. The van der Waals surface area contributed by atoms with Crippen LogP contribution in [0.1, 0.15) is 0 Å². The van der Waals surface area contributed by atoms with E-state index >= 15 is 0 Å². The molecule has 2 aromatic carbocycles. The van der Waals surface area contributed by atoms with Gasteiger partial charge in [0.05, 0.1) is 42.5 Å². The van der Waals surface area contributed by atoms with Gasteiger partial charge in [0.15, 0.2) is 16.9 Å². The molecule has 0 unspecified atom stereocenters. The van der Waals surface area contributed by atoms with Gasteiger partial charge in [-0.2, -0.15) is 4.73 Å². The number of nitro groups is 1. The summed E-state index contributed by atoms with van der Waals surface area (Å²) in [7, 11) is 5.69. The predicted octanol–water partition coefficient (Wildman–Crippen LogP) is 2.15. The highest BCUT2D eigenvalue weighted by Gasteiger charge is 2.23. The monoisotopic (exact) mass is 360 g/mol. The second-order valence-electron chi connectivity index (χ2n) is 5.31. The van der Waals surface area contributed by atoms with Crippen LogP contribution < -0.4 is 24.5 Å². The number of ether oxygens (including phenoxy) is 3. The first kappa shape index (κ1) is 17.3. The van der Waals surface area contributed by atoms with E-state index in [9.17, 15) is 14.9 Å². The molecular formula is C17H16N2O7. The number of rotatable bonds is 5. The fourth-order valence-electron chi connectivity index (χ4n) is 2.96. The third-order valence-electron chi connectivity index (χ3n) is 4.09. The zero-order chi connectivity index (χ0) is 19.0. The lowest BCUT2D eigenvalue weighted by Gasteiger charge is -2.19. The Morgan fingerprint density at radius 3 is 2.19 bits per heavy atom. The van der Waals surface area contributed by atoms with E-state index in [0.29, 0.717) is 5.75 Å². The number of nitrogens with zero attached hydrogens (tertiary/aromatic N) is 2. The second-order valence-corrected chi connectivity index (χ2v) is 5.31. The van der Waals surface area contributed by atoms with Crippen molar-refractivity contribution < 1.29 is 24.0 Å². The summed E-state index contributed by atoms with van der Waals surface area (Å²) < 4.78 is 17.4. The third-order valence-corrected chi connectivity index (χ3v) is 4.09. The number of methoxy groups -OCH3 is 3. The maximum absolute atomic E-state index is 13.0. The van der Waals surface area contributed by atoms with Crippen LogP contribution in [0.5, 0.6) is 17.2 Å². The van der Waals surface area contributed by atoms with Crippen molar-refractivity contribution in [2.45, 2.75) is 0 Å². The quantitative estimate of drug-likeness (QED) is 0.390. The van der Waals surface area contributed by atoms with Crippen molar-refractivity contribution in [1.82, 2.24) is 4.73 Å². The number of hydrogen-bond donors (Lipinski definition) is 0. The minimum atomic E-state index is -0.542. The van der Waals surface area contributed by atoms with Crippen LogP contribution in [-0.4, -0.2) is 38.1 Å². The Labute approximate surface area is 147 Å². The van der Waals surface area contributed by atoms with Crippen LogP contribution in [0.3, 0.4) is 0 Å². The lowest BCUT2D eigenvalue weighted by molar-refractivity contribution is -0.384. The summed E-state index contributed by atoms with van der Waals surface area (Å²) in [5, 5.41) is 11.6. The van der Waals surface area contributed by atoms with Gasteiger partial charge in [-0.1, -0.05) is 0 Å². The van der Waals surface area contributed by atoms with E-state index in [2.05, 4.69) is 0 Å². The number of aromatic nitrogens is 1. The Bertz CT molecular complexity index is 1090. The molecule has 0 aliphatic heterocycles. The molecule has 0 N–H and O–H groups in total. The summed E-state index contributed by atoms with van der Waals surface area (Å²) in [6, 6.07) is 5.46. The average Bonchev–Trinajstić information content (AvgIpc) is 2.66. The van der Waals surface area contributed by atoms with Gasteiger partial charge >= 0.3 is 0 Å². The topological polar surface area (TPSA) is 102 Å². The van der Waals surface area contributed by atoms with Crippen LogP contribution in [-0.2, 0) is 0 Å². The van der Waals surface area contributed by atoms with Gasteiger partial charge in [-0.25, -0.2) is 0 Å². The first-order valence-corrected chi connectivity index (χ1v) is 7.48. The van der Waals surface area contributed by atoms with E-state index in [4.69, 9.17) is 19.0 Å². The molecule has 3 aromatic rings. The Hall–Kier alpha value is -3.49. The normalized spacial score (nSPS) is 10.8. The first-order valence-electron chi connectivity index (χ1n) is 7.48. The zero-order valence-electron chi connectivity index (χ0n) is 14.6. The number of fused-ring (bicyclic) bond motifs is 2. The van der Waals surface area contributed by atoms with Crippen LogP contribution in [0.15, 0.2) is 29.1 Å². The molecule has 0 atom stereocenters. The molecule has 0 aliphatic carbocycles. The molecule has 0 saturated carbocycles. The minimum absolute atomic E-state index is 0.165. The van der Waals surface area contributed by atoms with Crippen molar-refractivity contribution in [3.63, 3.8) is 0 Å². The first-order chi connectivity index (χ1) is 12.5. The van der Waals surface area contributed by atoms with Crippen LogP contribution in [0.25, 0.3) is 21.8 Å². The molecule has 0 spiro atoms. The number of non-ortho nitro benzene ring substituents is 1. The summed E-state index contributed by atoms with van der Waals surface area (Å²) in [4.78, 5) is 29.0. The number of pyridine rings is 1. The van der Waals surface area contributed by atoms with E-state index in [1.165, 1.54) is 57.4 Å². The summed E-state index contributed by atoms with van der Waals surface area (Å²) >= 11 is 0. The lowest BCUT2D eigenvalue weighted by Crippen LogP contribution is -2.17. The van der Waals surface area contributed by atoms with Crippen molar-refractivity contribution >= 4 is 27.5 Å². The fourth-order valence-corrected chi connectivity index (χ4v) is 2.96. The van der Waals surface area contributed by atoms with Gasteiger partial charge in [0.2, 0.25) is 5.75 Å². The number of hydrogen-bond acceptors (Lipinski definition) is 7. The van der Waals surface area contributed by atoms with E-state index in [0.717, 1.165) is 0 Å². The van der Waals surface area contributed by atoms with Crippen LogP contribution in [0, 0.1) is 10.1 Å². The van der Waals surface area contributed by atoms with Gasteiger partial charge in [-0.15, -0.1) is 0 Å². The Morgan fingerprint density at radius 1 is 0.962 bits per heavy atom. The van der Waals surface area contributed by atoms with E-state index in [-0.39, 0.29) is 44.4 Å². The summed E-state index contributed by atoms with van der Waals surface area (Å²) in [5.41, 5.74) is 0.0225. The van der Waals surface area contributed by atoms with Gasteiger partial charge in [0, 0.05) is 12.1 Å². The Morgan fingerprint density at radius 2 is 1.65 bits per heavy atom. The van der Waals surface area contributed by atoms with Crippen molar-refractivity contribution in [3.05, 3.63) is 44.6 Å². The molecule has 0 saturated heterocycles. The van der Waals surface area contributed by atoms with Gasteiger partial charge in [-0.05, 0) is 12.1 Å². The van der Waals surface area contributed by atoms with E-state index in [1.807, 2.05) is 0 Å². The fraction of sp³-hybridized carbons (Fsp3) is 0.235. The van der Waals surface area contributed by atoms with Crippen molar-refractivity contribution in [3.8, 4) is 17.2 Å². The molecule has 0 fully saturated rings. The zero-order valence-corrected chi connectivity index (χ0v) is 14.6. The molecule has 0 bridgehead atoms. The lowest BCUT2D eigenvalue weighted by atomic mass is 10.1.